The Kier molecular flexibility index (Phi) is 11.7. The second-order valence-electron chi connectivity index (χ2n) is 6.89. The van der Waals surface area contributed by atoms with E-state index in [0.29, 0.717) is 45.8 Å². The minimum Gasteiger partial charge on any atom is -0.475 e. The van der Waals surface area contributed by atoms with Crippen LogP contribution >= 0.6 is 0 Å². The van der Waals surface area contributed by atoms with E-state index in [1.165, 1.54) is 27.4 Å². The van der Waals surface area contributed by atoms with Crippen LogP contribution in [0.1, 0.15) is 16.8 Å². The summed E-state index contributed by atoms with van der Waals surface area (Å²) in [6.07, 6.45) is -4.54. The molecule has 188 valence electrons. The first-order valence-corrected chi connectivity index (χ1v) is 11.5. The summed E-state index contributed by atoms with van der Waals surface area (Å²) in [5.41, 5.74) is -0.0514. The molecule has 1 aromatic rings. The maximum atomic E-state index is 13.9. The van der Waals surface area contributed by atoms with Crippen molar-refractivity contribution in [3.63, 3.8) is 0 Å². The number of methoxy groups -OCH3 is 1. The summed E-state index contributed by atoms with van der Waals surface area (Å²) in [5.74, 6) is -4.05. The first kappa shape index (κ1) is 28.7. The van der Waals surface area contributed by atoms with Gasteiger partial charge in [-0.25, -0.2) is 17.6 Å². The molecule has 0 atom stereocenters. The van der Waals surface area contributed by atoms with Crippen LogP contribution in [0.5, 0.6) is 0 Å². The second-order valence-corrected chi connectivity index (χ2v) is 8.97. The van der Waals surface area contributed by atoms with Crippen molar-refractivity contribution in [1.82, 2.24) is 14.5 Å². The first-order chi connectivity index (χ1) is 15.4. The molecule has 0 saturated carbocycles. The Hall–Kier alpha value is -2.29. The summed E-state index contributed by atoms with van der Waals surface area (Å²) in [6.45, 7) is 2.84. The van der Waals surface area contributed by atoms with Gasteiger partial charge in [0, 0.05) is 53.0 Å². The van der Waals surface area contributed by atoms with E-state index in [9.17, 15) is 30.8 Å². The summed E-state index contributed by atoms with van der Waals surface area (Å²) in [6, 6.07) is 5.72. The Morgan fingerprint density at radius 2 is 1.76 bits per heavy atom. The van der Waals surface area contributed by atoms with Gasteiger partial charge in [-0.2, -0.15) is 17.5 Å². The van der Waals surface area contributed by atoms with Crippen molar-refractivity contribution in [2.45, 2.75) is 12.6 Å². The highest BCUT2D eigenvalue weighted by Gasteiger charge is 2.38. The SMILES string of the molecule is COCCCN(CCS(=O)(=O)N1CCNCC1)C(=O)c1ccccc1F.O=C(O)C(F)(F)F. The fraction of sp³-hybridized carbons (Fsp3) is 0.579. The van der Waals surface area contributed by atoms with E-state index in [-0.39, 0.29) is 17.9 Å². The van der Waals surface area contributed by atoms with E-state index in [1.807, 2.05) is 0 Å². The highest BCUT2D eigenvalue weighted by Crippen LogP contribution is 2.13. The summed E-state index contributed by atoms with van der Waals surface area (Å²) in [7, 11) is -1.91. The van der Waals surface area contributed by atoms with Crippen LogP contribution < -0.4 is 5.32 Å². The number of nitrogens with zero attached hydrogens (tertiary/aromatic N) is 2. The van der Waals surface area contributed by atoms with Crippen LogP contribution in [0.25, 0.3) is 0 Å². The molecule has 0 aliphatic carbocycles. The number of amides is 1. The lowest BCUT2D eigenvalue weighted by atomic mass is 10.2. The van der Waals surface area contributed by atoms with Crippen LogP contribution in [-0.4, -0.2) is 99.5 Å². The zero-order valence-corrected chi connectivity index (χ0v) is 18.8. The topological polar surface area (TPSA) is 116 Å². The van der Waals surface area contributed by atoms with E-state index >= 15 is 0 Å². The molecule has 0 radical (unpaired) electrons. The number of hydrogen-bond donors (Lipinski definition) is 2. The van der Waals surface area contributed by atoms with E-state index in [0.717, 1.165) is 0 Å². The number of carboxylic acids is 1. The molecule has 1 saturated heterocycles. The van der Waals surface area contributed by atoms with Crippen molar-refractivity contribution < 1.29 is 45.4 Å². The number of alkyl halides is 3. The summed E-state index contributed by atoms with van der Waals surface area (Å²) in [5, 5.41) is 10.2. The second kappa shape index (κ2) is 13.4. The predicted molar refractivity (Wildman–Crippen MR) is 111 cm³/mol. The van der Waals surface area contributed by atoms with Crippen LogP contribution in [0.4, 0.5) is 17.6 Å². The van der Waals surface area contributed by atoms with Gasteiger partial charge in [0.1, 0.15) is 5.82 Å². The molecule has 2 N–H and O–H groups in total. The summed E-state index contributed by atoms with van der Waals surface area (Å²) in [4.78, 5) is 23.0. The lowest BCUT2D eigenvalue weighted by Gasteiger charge is -2.28. The van der Waals surface area contributed by atoms with Gasteiger partial charge in [-0.1, -0.05) is 12.1 Å². The van der Waals surface area contributed by atoms with Crippen LogP contribution in [0.2, 0.25) is 0 Å². The Bertz CT molecular complexity index is 877. The van der Waals surface area contributed by atoms with Gasteiger partial charge in [0.15, 0.2) is 0 Å². The van der Waals surface area contributed by atoms with Gasteiger partial charge in [0.2, 0.25) is 10.0 Å². The van der Waals surface area contributed by atoms with Crippen molar-refractivity contribution in [1.29, 1.82) is 0 Å². The fourth-order valence-corrected chi connectivity index (χ4v) is 4.24. The minimum atomic E-state index is -5.08. The van der Waals surface area contributed by atoms with Crippen molar-refractivity contribution in [3.05, 3.63) is 35.6 Å². The Balaban J connectivity index is 0.000000675. The number of nitrogens with one attached hydrogen (secondary N) is 1. The Morgan fingerprint density at radius 1 is 1.18 bits per heavy atom. The molecule has 1 heterocycles. The van der Waals surface area contributed by atoms with E-state index in [1.54, 1.807) is 13.2 Å². The van der Waals surface area contributed by atoms with Gasteiger partial charge in [0.05, 0.1) is 11.3 Å². The van der Waals surface area contributed by atoms with Crippen molar-refractivity contribution in [2.24, 2.45) is 0 Å². The normalized spacial score (nSPS) is 14.8. The van der Waals surface area contributed by atoms with Crippen LogP contribution in [-0.2, 0) is 19.6 Å². The number of piperazine rings is 1. The molecule has 14 heteroatoms. The third-order valence-electron chi connectivity index (χ3n) is 4.50. The molecule has 0 bridgehead atoms. The number of carbonyl (C=O) groups is 2. The molecular weight excluding hydrogens is 474 g/mol. The van der Waals surface area contributed by atoms with Crippen molar-refractivity contribution >= 4 is 21.9 Å². The van der Waals surface area contributed by atoms with Crippen LogP contribution in [0.15, 0.2) is 24.3 Å². The quantitative estimate of drug-likeness (QED) is 0.386. The average molecular weight is 501 g/mol. The fourth-order valence-electron chi connectivity index (χ4n) is 2.80. The van der Waals surface area contributed by atoms with Crippen molar-refractivity contribution in [2.75, 3.05) is 58.7 Å². The summed E-state index contributed by atoms with van der Waals surface area (Å²) >= 11 is 0. The first-order valence-electron chi connectivity index (χ1n) is 9.91. The van der Waals surface area contributed by atoms with Gasteiger partial charge in [0.25, 0.3) is 5.91 Å². The molecular formula is C19H27F4N3O6S. The monoisotopic (exact) mass is 501 g/mol. The minimum absolute atomic E-state index is 0.0170. The third kappa shape index (κ3) is 10.0. The lowest BCUT2D eigenvalue weighted by molar-refractivity contribution is -0.192. The molecule has 9 nitrogen and oxygen atoms in total. The molecule has 0 aromatic heterocycles. The molecule has 0 unspecified atom stereocenters. The third-order valence-corrected chi connectivity index (χ3v) is 6.35. The smallest absolute Gasteiger partial charge is 0.475 e. The number of rotatable bonds is 9. The molecule has 1 aliphatic rings. The van der Waals surface area contributed by atoms with Gasteiger partial charge in [-0.3, -0.25) is 4.79 Å². The van der Waals surface area contributed by atoms with Crippen LogP contribution in [0.3, 0.4) is 0 Å². The van der Waals surface area contributed by atoms with Crippen molar-refractivity contribution in [3.8, 4) is 0 Å². The van der Waals surface area contributed by atoms with E-state index in [2.05, 4.69) is 5.32 Å². The molecule has 1 aromatic carbocycles. The summed E-state index contributed by atoms with van der Waals surface area (Å²) < 4.78 is 77.1. The number of ether oxygens (including phenoxy) is 1. The Labute approximate surface area is 189 Å². The zero-order chi connectivity index (χ0) is 25.1. The van der Waals surface area contributed by atoms with Crippen LogP contribution in [0, 0.1) is 5.82 Å². The van der Waals surface area contributed by atoms with Gasteiger partial charge < -0.3 is 20.1 Å². The zero-order valence-electron chi connectivity index (χ0n) is 18.0. The number of carbonyl (C=O) groups excluding carboxylic acids is 1. The maximum Gasteiger partial charge on any atom is 0.490 e. The number of aliphatic carboxylic acids is 1. The molecule has 0 spiro atoms. The highest BCUT2D eigenvalue weighted by atomic mass is 32.2. The molecule has 33 heavy (non-hydrogen) atoms. The van der Waals surface area contributed by atoms with Gasteiger partial charge in [-0.15, -0.1) is 0 Å². The molecule has 1 fully saturated rings. The van der Waals surface area contributed by atoms with Gasteiger partial charge in [-0.05, 0) is 18.6 Å². The molecule has 1 amide bonds. The largest absolute Gasteiger partial charge is 0.490 e. The molecule has 2 rings (SSSR count). The number of benzene rings is 1. The maximum absolute atomic E-state index is 13.9. The molecule has 1 aliphatic heterocycles. The Morgan fingerprint density at radius 3 is 2.27 bits per heavy atom. The van der Waals surface area contributed by atoms with E-state index < -0.39 is 33.9 Å². The standard InChI is InChI=1S/C17H26FN3O4S.C2HF3O2/c1-25-13-4-9-20(17(22)15-5-2-3-6-16(15)18)12-14-26(23,24)21-10-7-19-8-11-21;3-2(4,5)1(6)7/h2-3,5-6,19H,4,7-14H2,1H3;(H,6,7). The predicted octanol–water partition coefficient (Wildman–Crippen LogP) is 1.17. The number of hydrogen-bond acceptors (Lipinski definition) is 6. The van der Waals surface area contributed by atoms with E-state index in [4.69, 9.17) is 14.6 Å². The number of carboxylic acid groups (broad SMARTS) is 1. The average Bonchev–Trinajstić information content (AvgIpc) is 2.76. The van der Waals surface area contributed by atoms with Gasteiger partial charge >= 0.3 is 12.1 Å². The number of sulfonamides is 1. The number of halogens is 4. The highest BCUT2D eigenvalue weighted by molar-refractivity contribution is 7.89. The lowest BCUT2D eigenvalue weighted by Crippen LogP contribution is -2.48.